The highest BCUT2D eigenvalue weighted by atomic mass is 19.4. The van der Waals surface area contributed by atoms with Crippen LogP contribution in [0.1, 0.15) is 27.4 Å². The van der Waals surface area contributed by atoms with Gasteiger partial charge in [-0.3, -0.25) is 9.78 Å². The Hall–Kier alpha value is -3.37. The molecule has 0 aliphatic heterocycles. The number of hydrogen-bond donors (Lipinski definition) is 1. The quantitative estimate of drug-likeness (QED) is 0.627. The van der Waals surface area contributed by atoms with E-state index in [1.165, 1.54) is 18.2 Å². The third kappa shape index (κ3) is 4.92. The lowest BCUT2D eigenvalue weighted by atomic mass is 10.1. The van der Waals surface area contributed by atoms with E-state index in [1.807, 2.05) is 0 Å². The number of nitrogens with zero attached hydrogens (tertiary/aromatic N) is 2. The van der Waals surface area contributed by atoms with Crippen LogP contribution in [0.5, 0.6) is 0 Å². The van der Waals surface area contributed by atoms with Crippen LogP contribution in [-0.2, 0) is 18.9 Å². The van der Waals surface area contributed by atoms with Gasteiger partial charge in [0.1, 0.15) is 11.4 Å². The van der Waals surface area contributed by atoms with Crippen LogP contribution in [0.4, 0.5) is 26.3 Å². The van der Waals surface area contributed by atoms with E-state index < -0.39 is 29.5 Å². The third-order valence-corrected chi connectivity index (χ3v) is 3.81. The van der Waals surface area contributed by atoms with Crippen molar-refractivity contribution in [1.82, 2.24) is 15.5 Å². The number of alkyl halides is 6. The summed E-state index contributed by atoms with van der Waals surface area (Å²) in [5.41, 5.74) is -1.36. The van der Waals surface area contributed by atoms with Crippen molar-refractivity contribution in [2.24, 2.45) is 0 Å². The summed E-state index contributed by atoms with van der Waals surface area (Å²) in [6.45, 7) is -0.131. The summed E-state index contributed by atoms with van der Waals surface area (Å²) >= 11 is 0. The molecule has 0 radical (unpaired) electrons. The Balaban J connectivity index is 1.62. The predicted octanol–water partition coefficient (Wildman–Crippen LogP) is 4.70. The minimum absolute atomic E-state index is 0.0829. The lowest BCUT2D eigenvalue weighted by molar-refractivity contribution is -0.141. The molecule has 5 nitrogen and oxygen atoms in total. The fourth-order valence-electron chi connectivity index (χ4n) is 2.33. The molecule has 1 N–H and O–H groups in total. The molecule has 152 valence electrons. The van der Waals surface area contributed by atoms with Gasteiger partial charge >= 0.3 is 12.4 Å². The predicted molar refractivity (Wildman–Crippen MR) is 87.4 cm³/mol. The van der Waals surface area contributed by atoms with Gasteiger partial charge in [-0.15, -0.1) is 0 Å². The number of amides is 1. The van der Waals surface area contributed by atoms with E-state index in [-0.39, 0.29) is 23.6 Å². The van der Waals surface area contributed by atoms with E-state index in [1.54, 1.807) is 0 Å². The monoisotopic (exact) mass is 415 g/mol. The number of nitrogens with one attached hydrogen (secondary N) is 1. The molecule has 0 atom stereocenters. The zero-order valence-corrected chi connectivity index (χ0v) is 14.3. The van der Waals surface area contributed by atoms with Crippen LogP contribution >= 0.6 is 0 Å². The molecular weight excluding hydrogens is 404 g/mol. The summed E-state index contributed by atoms with van der Waals surface area (Å²) in [7, 11) is 0. The highest BCUT2D eigenvalue weighted by Crippen LogP contribution is 2.31. The van der Waals surface area contributed by atoms with Crippen LogP contribution in [0, 0.1) is 0 Å². The molecule has 1 amide bonds. The molecule has 0 spiro atoms. The molecule has 3 rings (SSSR count). The molecular formula is C18H11F6N3O2. The average molecular weight is 415 g/mol. The summed E-state index contributed by atoms with van der Waals surface area (Å²) in [6.07, 6.45) is -8.26. The topological polar surface area (TPSA) is 68.0 Å². The van der Waals surface area contributed by atoms with Crippen LogP contribution < -0.4 is 5.32 Å². The van der Waals surface area contributed by atoms with E-state index in [0.29, 0.717) is 11.6 Å². The third-order valence-electron chi connectivity index (χ3n) is 3.81. The minimum atomic E-state index is -4.61. The number of rotatable bonds is 4. The molecule has 11 heteroatoms. The van der Waals surface area contributed by atoms with Crippen molar-refractivity contribution in [2.45, 2.75) is 18.9 Å². The standard InChI is InChI=1S/C18H11F6N3O2/c19-17(20,21)12-4-1-10(2-5-12)14-7-13(29-27-14)9-26-16(28)11-3-6-15(25-8-11)18(22,23)24/h1-8H,9H2,(H,26,28). The average Bonchev–Trinajstić information content (AvgIpc) is 3.14. The van der Waals surface area contributed by atoms with Crippen LogP contribution in [0.15, 0.2) is 53.2 Å². The lowest BCUT2D eigenvalue weighted by Crippen LogP contribution is -2.23. The number of aromatic nitrogens is 2. The van der Waals surface area contributed by atoms with E-state index in [0.717, 1.165) is 24.4 Å². The zero-order valence-electron chi connectivity index (χ0n) is 14.3. The Bertz CT molecular complexity index is 992. The molecule has 0 aliphatic carbocycles. The van der Waals surface area contributed by atoms with Crippen LogP contribution in [0.2, 0.25) is 0 Å². The maximum atomic E-state index is 12.6. The van der Waals surface area contributed by atoms with Crippen molar-refractivity contribution in [3.05, 3.63) is 71.2 Å². The Morgan fingerprint density at radius 1 is 0.966 bits per heavy atom. The smallest absolute Gasteiger partial charge is 0.359 e. The first-order valence-corrected chi connectivity index (χ1v) is 7.99. The number of hydrogen-bond acceptors (Lipinski definition) is 4. The summed E-state index contributed by atoms with van der Waals surface area (Å²) < 4.78 is 80.2. The number of pyridine rings is 1. The summed E-state index contributed by atoms with van der Waals surface area (Å²) in [5, 5.41) is 6.15. The molecule has 0 saturated carbocycles. The molecule has 0 fully saturated rings. The molecule has 1 aromatic carbocycles. The number of benzene rings is 1. The van der Waals surface area contributed by atoms with Crippen LogP contribution in [0.25, 0.3) is 11.3 Å². The second kappa shape index (κ2) is 7.57. The van der Waals surface area contributed by atoms with Gasteiger partial charge in [-0.1, -0.05) is 17.3 Å². The maximum absolute atomic E-state index is 12.6. The van der Waals surface area contributed by atoms with Crippen molar-refractivity contribution >= 4 is 5.91 Å². The van der Waals surface area contributed by atoms with Crippen molar-refractivity contribution in [2.75, 3.05) is 0 Å². The molecule has 2 aromatic heterocycles. The fraction of sp³-hybridized carbons (Fsp3) is 0.167. The van der Waals surface area contributed by atoms with Gasteiger partial charge in [0.2, 0.25) is 0 Å². The highest BCUT2D eigenvalue weighted by molar-refractivity contribution is 5.93. The Labute approximate surface area is 159 Å². The lowest BCUT2D eigenvalue weighted by Gasteiger charge is -2.06. The second-order valence-electron chi connectivity index (χ2n) is 5.87. The molecule has 0 aliphatic rings. The highest BCUT2D eigenvalue weighted by Gasteiger charge is 2.32. The molecule has 2 heterocycles. The Kier molecular flexibility index (Phi) is 5.31. The SMILES string of the molecule is O=C(NCc1cc(-c2ccc(C(F)(F)F)cc2)no1)c1ccc(C(F)(F)F)nc1. The fourth-order valence-corrected chi connectivity index (χ4v) is 2.33. The van der Waals surface area contributed by atoms with Gasteiger partial charge in [0.05, 0.1) is 17.7 Å². The summed E-state index contributed by atoms with van der Waals surface area (Å²) in [6, 6.07) is 7.37. The molecule has 0 bridgehead atoms. The number of carbonyl (C=O) groups is 1. The van der Waals surface area contributed by atoms with E-state index >= 15 is 0 Å². The maximum Gasteiger partial charge on any atom is 0.433 e. The number of carbonyl (C=O) groups excluding carboxylic acids is 1. The van der Waals surface area contributed by atoms with E-state index in [9.17, 15) is 31.1 Å². The molecule has 0 unspecified atom stereocenters. The summed E-state index contributed by atoms with van der Waals surface area (Å²) in [4.78, 5) is 15.2. The Morgan fingerprint density at radius 3 is 2.21 bits per heavy atom. The van der Waals surface area contributed by atoms with Gasteiger partial charge in [0.15, 0.2) is 5.76 Å². The molecule has 3 aromatic rings. The first-order chi connectivity index (χ1) is 13.5. The van der Waals surface area contributed by atoms with Gasteiger partial charge in [-0.2, -0.15) is 26.3 Å². The van der Waals surface area contributed by atoms with E-state index in [4.69, 9.17) is 4.52 Å². The molecule has 0 saturated heterocycles. The van der Waals surface area contributed by atoms with Crippen molar-refractivity contribution < 1.29 is 35.7 Å². The van der Waals surface area contributed by atoms with Gasteiger partial charge in [-0.25, -0.2) is 0 Å². The summed E-state index contributed by atoms with van der Waals surface area (Å²) in [5.74, 6) is -0.480. The van der Waals surface area contributed by atoms with E-state index in [2.05, 4.69) is 15.5 Å². The minimum Gasteiger partial charge on any atom is -0.359 e. The van der Waals surface area contributed by atoms with Gasteiger partial charge in [0.25, 0.3) is 5.91 Å². The number of halogens is 6. The van der Waals surface area contributed by atoms with Crippen molar-refractivity contribution in [1.29, 1.82) is 0 Å². The van der Waals surface area contributed by atoms with Crippen molar-refractivity contribution in [3.8, 4) is 11.3 Å². The zero-order chi connectivity index (χ0) is 21.2. The normalized spacial score (nSPS) is 12.1. The first kappa shape index (κ1) is 20.4. The first-order valence-electron chi connectivity index (χ1n) is 7.99. The Morgan fingerprint density at radius 2 is 1.66 bits per heavy atom. The van der Waals surface area contributed by atoms with Crippen LogP contribution in [-0.4, -0.2) is 16.0 Å². The van der Waals surface area contributed by atoms with Gasteiger partial charge in [0, 0.05) is 17.8 Å². The second-order valence-corrected chi connectivity index (χ2v) is 5.87. The molecule has 29 heavy (non-hydrogen) atoms. The van der Waals surface area contributed by atoms with Gasteiger partial charge < -0.3 is 9.84 Å². The van der Waals surface area contributed by atoms with Gasteiger partial charge in [-0.05, 0) is 24.3 Å². The largest absolute Gasteiger partial charge is 0.433 e. The van der Waals surface area contributed by atoms with Crippen LogP contribution in [0.3, 0.4) is 0 Å². The van der Waals surface area contributed by atoms with Crippen molar-refractivity contribution in [3.63, 3.8) is 0 Å².